The molecule has 0 aliphatic rings. The van der Waals surface area contributed by atoms with E-state index in [0.717, 1.165) is 13.1 Å². The van der Waals surface area contributed by atoms with Gasteiger partial charge in [0.1, 0.15) is 0 Å². The highest BCUT2D eigenvalue weighted by molar-refractivity contribution is 5.66. The third-order valence-corrected chi connectivity index (χ3v) is 2.89. The minimum absolute atomic E-state index is 0.220. The molecule has 0 aromatic rings. The van der Waals surface area contributed by atoms with Gasteiger partial charge in [-0.1, -0.05) is 0 Å². The van der Waals surface area contributed by atoms with E-state index in [1.165, 1.54) is 0 Å². The van der Waals surface area contributed by atoms with Crippen molar-refractivity contribution in [3.8, 4) is 0 Å². The first-order valence-corrected chi connectivity index (χ1v) is 7.18. The van der Waals surface area contributed by atoms with Gasteiger partial charge in [-0.2, -0.15) is 0 Å². The Bertz CT molecular complexity index is 236. The average molecular weight is 291 g/mol. The zero-order chi connectivity index (χ0) is 15.2. The van der Waals surface area contributed by atoms with Gasteiger partial charge >= 0.3 is 5.97 Å². The van der Waals surface area contributed by atoms with Crippen LogP contribution in [0.3, 0.4) is 0 Å². The highest BCUT2D eigenvalue weighted by Crippen LogP contribution is 2.01. The lowest BCUT2D eigenvalue weighted by Crippen LogP contribution is -2.35. The van der Waals surface area contributed by atoms with Crippen molar-refractivity contribution >= 4 is 5.97 Å². The topological polar surface area (TPSA) is 68.2 Å². The van der Waals surface area contributed by atoms with Crippen molar-refractivity contribution in [3.63, 3.8) is 0 Å². The molecular formula is C14H29NO5. The van der Waals surface area contributed by atoms with E-state index in [4.69, 9.17) is 19.3 Å². The quantitative estimate of drug-likeness (QED) is 0.486. The van der Waals surface area contributed by atoms with Crippen LogP contribution in [0.1, 0.15) is 26.7 Å². The molecule has 0 aromatic carbocycles. The van der Waals surface area contributed by atoms with Crippen LogP contribution in [0.5, 0.6) is 0 Å². The molecule has 1 N–H and O–H groups in total. The molecule has 6 heteroatoms. The standard InChI is InChI=1S/C14H29NO5/c1-13(2)15(6-4-5-14(16)17)7-8-19-11-12-20-10-9-18-3/h13H,4-12H2,1-3H3,(H,16,17). The van der Waals surface area contributed by atoms with Crippen LogP contribution in [0.2, 0.25) is 0 Å². The van der Waals surface area contributed by atoms with Crippen molar-refractivity contribution in [2.45, 2.75) is 32.7 Å². The van der Waals surface area contributed by atoms with Crippen LogP contribution in [0.15, 0.2) is 0 Å². The summed E-state index contributed by atoms with van der Waals surface area (Å²) in [5, 5.41) is 8.63. The van der Waals surface area contributed by atoms with Gasteiger partial charge < -0.3 is 19.3 Å². The SMILES string of the molecule is COCCOCCOCCN(CCCC(=O)O)C(C)C. The summed E-state index contributed by atoms with van der Waals surface area (Å²) in [5.74, 6) is -0.738. The molecule has 0 amide bonds. The highest BCUT2D eigenvalue weighted by Gasteiger charge is 2.09. The van der Waals surface area contributed by atoms with Crippen molar-refractivity contribution in [1.29, 1.82) is 0 Å². The number of aliphatic carboxylic acids is 1. The third-order valence-electron chi connectivity index (χ3n) is 2.89. The van der Waals surface area contributed by atoms with E-state index >= 15 is 0 Å². The first kappa shape index (κ1) is 19.3. The van der Waals surface area contributed by atoms with Crippen LogP contribution < -0.4 is 0 Å². The lowest BCUT2D eigenvalue weighted by atomic mass is 10.2. The second-order valence-corrected chi connectivity index (χ2v) is 4.84. The van der Waals surface area contributed by atoms with Crippen LogP contribution in [0, 0.1) is 0 Å². The number of carbonyl (C=O) groups is 1. The van der Waals surface area contributed by atoms with Gasteiger partial charge in [0.25, 0.3) is 0 Å². The Morgan fingerprint density at radius 3 is 2.20 bits per heavy atom. The van der Waals surface area contributed by atoms with Crippen LogP contribution >= 0.6 is 0 Å². The van der Waals surface area contributed by atoms with Gasteiger partial charge in [-0.25, -0.2) is 0 Å². The predicted octanol–water partition coefficient (Wildman–Crippen LogP) is 1.24. The predicted molar refractivity (Wildman–Crippen MR) is 77.1 cm³/mol. The zero-order valence-corrected chi connectivity index (χ0v) is 13.0. The molecule has 0 fully saturated rings. The van der Waals surface area contributed by atoms with E-state index in [-0.39, 0.29) is 6.42 Å². The molecule has 0 unspecified atom stereocenters. The van der Waals surface area contributed by atoms with Crippen molar-refractivity contribution in [1.82, 2.24) is 4.90 Å². The fourth-order valence-electron chi connectivity index (χ4n) is 1.71. The van der Waals surface area contributed by atoms with Gasteiger partial charge in [-0.15, -0.1) is 0 Å². The molecule has 0 spiro atoms. The molecule has 0 aliphatic heterocycles. The van der Waals surface area contributed by atoms with Gasteiger partial charge in [0.05, 0.1) is 33.0 Å². The van der Waals surface area contributed by atoms with E-state index in [0.29, 0.717) is 45.5 Å². The van der Waals surface area contributed by atoms with Gasteiger partial charge in [-0.05, 0) is 26.8 Å². The van der Waals surface area contributed by atoms with Gasteiger partial charge in [0.15, 0.2) is 0 Å². The Kier molecular flexibility index (Phi) is 12.8. The number of methoxy groups -OCH3 is 1. The fourth-order valence-corrected chi connectivity index (χ4v) is 1.71. The first-order valence-electron chi connectivity index (χ1n) is 7.18. The van der Waals surface area contributed by atoms with Crippen LogP contribution in [0.4, 0.5) is 0 Å². The van der Waals surface area contributed by atoms with E-state index in [1.54, 1.807) is 7.11 Å². The van der Waals surface area contributed by atoms with Crippen molar-refractivity contribution in [2.75, 3.05) is 53.2 Å². The number of rotatable bonds is 14. The molecule has 0 atom stereocenters. The maximum absolute atomic E-state index is 10.5. The molecule has 0 radical (unpaired) electrons. The number of hydrogen-bond acceptors (Lipinski definition) is 5. The maximum atomic E-state index is 10.5. The molecule has 0 rings (SSSR count). The number of carboxylic acids is 1. The van der Waals surface area contributed by atoms with Crippen molar-refractivity contribution in [3.05, 3.63) is 0 Å². The van der Waals surface area contributed by atoms with E-state index < -0.39 is 5.97 Å². The summed E-state index contributed by atoms with van der Waals surface area (Å²) in [6.07, 6.45) is 0.894. The van der Waals surface area contributed by atoms with Gasteiger partial charge in [-0.3, -0.25) is 9.69 Å². The minimum Gasteiger partial charge on any atom is -0.481 e. The second kappa shape index (κ2) is 13.3. The van der Waals surface area contributed by atoms with Crippen LogP contribution in [-0.4, -0.2) is 75.3 Å². The number of ether oxygens (including phenoxy) is 3. The summed E-state index contributed by atoms with van der Waals surface area (Å²) >= 11 is 0. The molecular weight excluding hydrogens is 262 g/mol. The summed E-state index contributed by atoms with van der Waals surface area (Å²) in [5.41, 5.74) is 0. The first-order chi connectivity index (χ1) is 9.57. The summed E-state index contributed by atoms with van der Waals surface area (Å²) in [6, 6.07) is 0.394. The number of carboxylic acid groups (broad SMARTS) is 1. The Labute approximate surface area is 122 Å². The number of hydrogen-bond donors (Lipinski definition) is 1. The largest absolute Gasteiger partial charge is 0.481 e. The normalized spacial score (nSPS) is 11.4. The maximum Gasteiger partial charge on any atom is 0.303 e. The fraction of sp³-hybridized carbons (Fsp3) is 0.929. The van der Waals surface area contributed by atoms with Crippen molar-refractivity contribution in [2.24, 2.45) is 0 Å². The Morgan fingerprint density at radius 2 is 1.65 bits per heavy atom. The summed E-state index contributed by atoms with van der Waals surface area (Å²) in [7, 11) is 1.64. The number of nitrogens with zero attached hydrogens (tertiary/aromatic N) is 1. The highest BCUT2D eigenvalue weighted by atomic mass is 16.5. The zero-order valence-electron chi connectivity index (χ0n) is 13.0. The molecule has 6 nitrogen and oxygen atoms in total. The summed E-state index contributed by atoms with van der Waals surface area (Å²) in [6.45, 7) is 8.79. The van der Waals surface area contributed by atoms with Crippen LogP contribution in [0.25, 0.3) is 0 Å². The van der Waals surface area contributed by atoms with E-state index in [2.05, 4.69) is 18.7 Å². The van der Waals surface area contributed by atoms with E-state index in [9.17, 15) is 4.79 Å². The molecule has 20 heavy (non-hydrogen) atoms. The monoisotopic (exact) mass is 291 g/mol. The Hall–Kier alpha value is -0.690. The Morgan fingerprint density at radius 1 is 1.05 bits per heavy atom. The molecule has 0 saturated carbocycles. The average Bonchev–Trinajstić information content (AvgIpc) is 2.39. The molecule has 120 valence electrons. The second-order valence-electron chi connectivity index (χ2n) is 4.84. The molecule has 0 saturated heterocycles. The molecule has 0 bridgehead atoms. The lowest BCUT2D eigenvalue weighted by molar-refractivity contribution is -0.137. The van der Waals surface area contributed by atoms with Crippen molar-refractivity contribution < 1.29 is 24.1 Å². The van der Waals surface area contributed by atoms with Gasteiger partial charge in [0.2, 0.25) is 0 Å². The summed E-state index contributed by atoms with van der Waals surface area (Å²) < 4.78 is 15.7. The van der Waals surface area contributed by atoms with E-state index in [1.807, 2.05) is 0 Å². The molecule has 0 heterocycles. The third kappa shape index (κ3) is 12.3. The lowest BCUT2D eigenvalue weighted by Gasteiger charge is -2.26. The Balaban J connectivity index is 3.53. The van der Waals surface area contributed by atoms with Crippen LogP contribution in [-0.2, 0) is 19.0 Å². The minimum atomic E-state index is -0.738. The molecule has 0 aliphatic carbocycles. The summed E-state index contributed by atoms with van der Waals surface area (Å²) in [4.78, 5) is 12.7. The molecule has 0 aromatic heterocycles. The smallest absolute Gasteiger partial charge is 0.303 e. The van der Waals surface area contributed by atoms with Gasteiger partial charge in [0, 0.05) is 26.1 Å².